The molecule has 0 fully saturated rings. The molecule has 0 radical (unpaired) electrons. The summed E-state index contributed by atoms with van der Waals surface area (Å²) in [5.74, 6) is 0.876. The first kappa shape index (κ1) is 26.3. The van der Waals surface area contributed by atoms with E-state index in [4.69, 9.17) is 14.4 Å². The van der Waals surface area contributed by atoms with Crippen LogP contribution in [0.4, 0.5) is 0 Å². The molecule has 0 aliphatic carbocycles. The molecule has 0 amide bonds. The molecule has 0 unspecified atom stereocenters. The summed E-state index contributed by atoms with van der Waals surface area (Å²) in [5.41, 5.74) is 9.25. The normalized spacial score (nSPS) is 12.4. The lowest BCUT2D eigenvalue weighted by Crippen LogP contribution is -2.01. The second kappa shape index (κ2) is 9.76. The Bertz CT molecular complexity index is 2950. The first-order valence-electron chi connectivity index (χ1n) is 15.6. The Labute approximate surface area is 272 Å². The molecule has 0 aliphatic heterocycles. The molecule has 5 aromatic carbocycles. The van der Waals surface area contributed by atoms with E-state index in [2.05, 4.69) is 126 Å². The van der Waals surface area contributed by atoms with Gasteiger partial charge in [0.05, 0.1) is 32.5 Å². The third kappa shape index (κ3) is 3.53. The van der Waals surface area contributed by atoms with Crippen LogP contribution in [0.1, 0.15) is 18.2 Å². The molecule has 222 valence electrons. The van der Waals surface area contributed by atoms with Crippen LogP contribution in [0.2, 0.25) is 0 Å². The van der Waals surface area contributed by atoms with Crippen molar-refractivity contribution in [1.82, 2.24) is 19.1 Å². The molecule has 47 heavy (non-hydrogen) atoms. The summed E-state index contributed by atoms with van der Waals surface area (Å²) >= 11 is 1.74. The zero-order valence-electron chi connectivity index (χ0n) is 25.4. The lowest BCUT2D eigenvalue weighted by atomic mass is 10.0. The van der Waals surface area contributed by atoms with E-state index in [1.807, 2.05) is 18.2 Å². The first-order chi connectivity index (χ1) is 23.2. The fourth-order valence-corrected chi connectivity index (χ4v) is 8.58. The zero-order chi connectivity index (χ0) is 31.2. The molecule has 0 saturated heterocycles. The van der Waals surface area contributed by atoms with Crippen molar-refractivity contribution in [1.29, 1.82) is 0 Å². The summed E-state index contributed by atoms with van der Waals surface area (Å²) in [6.07, 6.45) is 7.93. The number of hydrogen-bond donors (Lipinski definition) is 0. The maximum absolute atomic E-state index is 6.33. The average molecular weight is 623 g/mol. The maximum atomic E-state index is 6.33. The quantitative estimate of drug-likeness (QED) is 0.196. The van der Waals surface area contributed by atoms with Gasteiger partial charge in [-0.2, -0.15) is 0 Å². The van der Waals surface area contributed by atoms with Crippen LogP contribution in [0.5, 0.6) is 0 Å². The molecule has 5 aromatic heterocycles. The predicted octanol–water partition coefficient (Wildman–Crippen LogP) is 11.5. The van der Waals surface area contributed by atoms with Crippen molar-refractivity contribution < 1.29 is 4.42 Å². The number of nitrogens with zero attached hydrogens (tertiary/aromatic N) is 4. The summed E-state index contributed by atoms with van der Waals surface area (Å²) in [4.78, 5) is 9.67. The van der Waals surface area contributed by atoms with Crippen molar-refractivity contribution in [3.05, 3.63) is 133 Å². The monoisotopic (exact) mass is 622 g/mol. The fraction of sp³-hybridized carbons (Fsp3) is 0.0244. The van der Waals surface area contributed by atoms with Gasteiger partial charge in [0.25, 0.3) is 0 Å². The van der Waals surface area contributed by atoms with Gasteiger partial charge >= 0.3 is 0 Å². The van der Waals surface area contributed by atoms with E-state index in [1.54, 1.807) is 17.7 Å². The molecule has 0 atom stereocenters. The van der Waals surface area contributed by atoms with Gasteiger partial charge in [0.1, 0.15) is 17.5 Å². The summed E-state index contributed by atoms with van der Waals surface area (Å²) in [5, 5.41) is 6.91. The van der Waals surface area contributed by atoms with Crippen LogP contribution >= 0.6 is 11.3 Å². The number of allylic oxidation sites excluding steroid dienone is 1. The molecule has 0 saturated carbocycles. The zero-order valence-corrected chi connectivity index (χ0v) is 26.3. The highest BCUT2D eigenvalue weighted by molar-refractivity contribution is 7.26. The van der Waals surface area contributed by atoms with Crippen molar-refractivity contribution in [2.45, 2.75) is 6.92 Å². The van der Waals surface area contributed by atoms with Crippen LogP contribution in [-0.2, 0) is 0 Å². The van der Waals surface area contributed by atoms with Crippen LogP contribution in [0.15, 0.2) is 127 Å². The summed E-state index contributed by atoms with van der Waals surface area (Å²) in [7, 11) is 0. The molecule has 0 aliphatic rings. The highest BCUT2D eigenvalue weighted by Gasteiger charge is 2.24. The van der Waals surface area contributed by atoms with Crippen LogP contribution < -0.4 is 0 Å². The highest BCUT2D eigenvalue weighted by Crippen LogP contribution is 2.44. The molecule has 10 rings (SSSR count). The Balaban J connectivity index is 1.33. The SMILES string of the molecule is C=Cc1c(/C=C\C)n(-c2ncnc3c2sc2ccccc23)c2ccc3c(c4ccccc4n3-c3ccc4c(c3)oc3ccccc34)c12. The number of rotatable bonds is 4. The number of para-hydroxylation sites is 2. The smallest absolute Gasteiger partial charge is 0.159 e. The topological polar surface area (TPSA) is 48.8 Å². The molecular formula is C41H26N4OS. The number of fused-ring (bicyclic) bond motifs is 11. The van der Waals surface area contributed by atoms with E-state index in [0.717, 1.165) is 82.2 Å². The Morgan fingerprint density at radius 3 is 2.30 bits per heavy atom. The standard InChI is InChI=1S/C41H26N4OS/c1-3-11-30-25(4-2)37-33(45(30)41-40-39(42-23-43-41)29-14-7-10-17-36(29)47-40)21-20-32-38(37)28-13-5-8-15-31(28)44(32)24-18-19-27-26-12-6-9-16-34(26)46-35(27)22-24/h3-23H,2H2,1H3/b11-3-. The van der Waals surface area contributed by atoms with Crippen molar-refractivity contribution in [3.63, 3.8) is 0 Å². The minimum absolute atomic E-state index is 0.875. The largest absolute Gasteiger partial charge is 0.456 e. The third-order valence-electron chi connectivity index (χ3n) is 9.34. The van der Waals surface area contributed by atoms with E-state index in [-0.39, 0.29) is 0 Å². The fourth-order valence-electron chi connectivity index (χ4n) is 7.45. The van der Waals surface area contributed by atoms with E-state index in [1.165, 1.54) is 15.5 Å². The van der Waals surface area contributed by atoms with Gasteiger partial charge < -0.3 is 8.98 Å². The minimum atomic E-state index is 0.875. The Kier molecular flexibility index (Phi) is 5.45. The van der Waals surface area contributed by atoms with Crippen molar-refractivity contribution in [3.8, 4) is 11.5 Å². The second-order valence-electron chi connectivity index (χ2n) is 11.8. The van der Waals surface area contributed by atoms with Crippen LogP contribution in [0, 0.1) is 0 Å². The van der Waals surface area contributed by atoms with Gasteiger partial charge in [-0.15, -0.1) is 11.3 Å². The van der Waals surface area contributed by atoms with Crippen molar-refractivity contribution in [2.75, 3.05) is 0 Å². The lowest BCUT2D eigenvalue weighted by molar-refractivity contribution is 0.668. The van der Waals surface area contributed by atoms with Gasteiger partial charge in [-0.25, -0.2) is 9.97 Å². The second-order valence-corrected chi connectivity index (χ2v) is 12.8. The average Bonchev–Trinajstić information content (AvgIpc) is 3.85. The number of aromatic nitrogens is 4. The Morgan fingerprint density at radius 1 is 0.702 bits per heavy atom. The minimum Gasteiger partial charge on any atom is -0.456 e. The van der Waals surface area contributed by atoms with E-state index in [9.17, 15) is 0 Å². The van der Waals surface area contributed by atoms with Gasteiger partial charge in [-0.1, -0.05) is 73.3 Å². The van der Waals surface area contributed by atoms with Gasteiger partial charge in [-0.05, 0) is 55.5 Å². The van der Waals surface area contributed by atoms with E-state index in [0.29, 0.717) is 0 Å². The van der Waals surface area contributed by atoms with Gasteiger partial charge in [0, 0.05) is 54.3 Å². The third-order valence-corrected chi connectivity index (χ3v) is 10.5. The van der Waals surface area contributed by atoms with E-state index < -0.39 is 0 Å². The van der Waals surface area contributed by atoms with Crippen molar-refractivity contribution >= 4 is 98.4 Å². The molecule has 5 nitrogen and oxygen atoms in total. The van der Waals surface area contributed by atoms with Crippen molar-refractivity contribution in [2.24, 2.45) is 0 Å². The Hall–Kier alpha value is -5.98. The molecule has 0 bridgehead atoms. The number of hydrogen-bond acceptors (Lipinski definition) is 4. The van der Waals surface area contributed by atoms with Gasteiger partial charge in [0.15, 0.2) is 5.82 Å². The summed E-state index contributed by atoms with van der Waals surface area (Å²) in [6, 6.07) is 36.3. The van der Waals surface area contributed by atoms with Crippen LogP contribution in [0.25, 0.3) is 98.6 Å². The van der Waals surface area contributed by atoms with Gasteiger partial charge in [0.2, 0.25) is 0 Å². The number of thiophene rings is 1. The molecule has 10 aromatic rings. The molecular weight excluding hydrogens is 597 g/mol. The first-order valence-corrected chi connectivity index (χ1v) is 16.5. The highest BCUT2D eigenvalue weighted by atomic mass is 32.1. The van der Waals surface area contributed by atoms with Crippen LogP contribution in [0.3, 0.4) is 0 Å². The maximum Gasteiger partial charge on any atom is 0.159 e. The van der Waals surface area contributed by atoms with Gasteiger partial charge in [-0.3, -0.25) is 4.57 Å². The summed E-state index contributed by atoms with van der Waals surface area (Å²) in [6.45, 7) is 6.39. The lowest BCUT2D eigenvalue weighted by Gasteiger charge is -2.10. The molecule has 0 spiro atoms. The molecule has 6 heteroatoms. The number of furan rings is 1. The summed E-state index contributed by atoms with van der Waals surface area (Å²) < 4.78 is 13.2. The molecule has 0 N–H and O–H groups in total. The molecule has 5 heterocycles. The predicted molar refractivity (Wildman–Crippen MR) is 198 cm³/mol. The van der Waals surface area contributed by atoms with E-state index >= 15 is 0 Å². The Morgan fingerprint density at radius 2 is 1.45 bits per heavy atom. The van der Waals surface area contributed by atoms with Crippen LogP contribution in [-0.4, -0.2) is 19.1 Å². The number of benzene rings is 5.